The summed E-state index contributed by atoms with van der Waals surface area (Å²) in [6, 6.07) is -0.362. The largest absolute Gasteiger partial charge is 0.449 e. The standard InChI is InChI=1S/C8H17ClN2O4S/c1-4-15-8(12)11-16(13,14)10-7(3)5-6(2)9/h6-7,10H,4-5H2,1-3H3,(H,11,12). The third-order valence-corrected chi connectivity index (χ3v) is 2.85. The Morgan fingerprint density at radius 2 is 2.00 bits per heavy atom. The molecule has 2 unspecified atom stereocenters. The number of amides is 1. The summed E-state index contributed by atoms with van der Waals surface area (Å²) in [4.78, 5) is 10.9. The first-order valence-electron chi connectivity index (χ1n) is 4.87. The lowest BCUT2D eigenvalue weighted by Crippen LogP contribution is -2.44. The quantitative estimate of drug-likeness (QED) is 0.706. The van der Waals surface area contributed by atoms with Gasteiger partial charge in [-0.3, -0.25) is 0 Å². The highest BCUT2D eigenvalue weighted by Gasteiger charge is 2.18. The predicted molar refractivity (Wildman–Crippen MR) is 61.6 cm³/mol. The molecule has 0 bridgehead atoms. The first kappa shape index (κ1) is 15.5. The minimum atomic E-state index is -3.88. The van der Waals surface area contributed by atoms with Crippen molar-refractivity contribution in [3.63, 3.8) is 0 Å². The van der Waals surface area contributed by atoms with Gasteiger partial charge in [0.1, 0.15) is 0 Å². The van der Waals surface area contributed by atoms with Crippen LogP contribution in [0.4, 0.5) is 4.79 Å². The molecule has 2 atom stereocenters. The van der Waals surface area contributed by atoms with E-state index in [1.54, 1.807) is 25.5 Å². The van der Waals surface area contributed by atoms with E-state index in [-0.39, 0.29) is 18.0 Å². The molecule has 0 aromatic heterocycles. The summed E-state index contributed by atoms with van der Waals surface area (Å²) in [5.74, 6) is 0. The molecule has 2 N–H and O–H groups in total. The number of ether oxygens (including phenoxy) is 1. The van der Waals surface area contributed by atoms with Crippen LogP contribution < -0.4 is 9.44 Å². The lowest BCUT2D eigenvalue weighted by Gasteiger charge is -2.15. The summed E-state index contributed by atoms with van der Waals surface area (Å²) >= 11 is 5.71. The molecule has 0 aliphatic rings. The van der Waals surface area contributed by atoms with Crippen LogP contribution in [0.25, 0.3) is 0 Å². The summed E-state index contributed by atoms with van der Waals surface area (Å²) in [6.07, 6.45) is -0.535. The zero-order valence-corrected chi connectivity index (χ0v) is 11.1. The highest BCUT2D eigenvalue weighted by Crippen LogP contribution is 2.04. The number of carbonyl (C=O) groups is 1. The van der Waals surface area contributed by atoms with Gasteiger partial charge in [-0.05, 0) is 27.2 Å². The number of alkyl halides is 1. The number of nitrogens with one attached hydrogen (secondary N) is 2. The predicted octanol–water partition coefficient (Wildman–Crippen LogP) is 0.973. The third kappa shape index (κ3) is 7.72. The van der Waals surface area contributed by atoms with Crippen molar-refractivity contribution in [2.45, 2.75) is 38.6 Å². The Labute approximate surface area is 101 Å². The van der Waals surface area contributed by atoms with E-state index in [1.165, 1.54) is 0 Å². The fraction of sp³-hybridized carbons (Fsp3) is 0.875. The van der Waals surface area contributed by atoms with Crippen molar-refractivity contribution in [2.24, 2.45) is 0 Å². The number of rotatable bonds is 6. The fourth-order valence-electron chi connectivity index (χ4n) is 1.10. The summed E-state index contributed by atoms with van der Waals surface area (Å²) < 4.78 is 31.1. The maximum Gasteiger partial charge on any atom is 0.421 e. The first-order valence-corrected chi connectivity index (χ1v) is 6.79. The number of hydrogen-bond acceptors (Lipinski definition) is 4. The van der Waals surface area contributed by atoms with Gasteiger partial charge in [-0.2, -0.15) is 13.1 Å². The molecule has 0 aliphatic heterocycles. The van der Waals surface area contributed by atoms with E-state index in [1.807, 2.05) is 0 Å². The number of hydrogen-bond donors (Lipinski definition) is 2. The van der Waals surface area contributed by atoms with Gasteiger partial charge in [0.05, 0.1) is 6.61 Å². The van der Waals surface area contributed by atoms with E-state index < -0.39 is 16.3 Å². The summed E-state index contributed by atoms with van der Waals surface area (Å²) in [5, 5.41) is -0.153. The molecule has 0 rings (SSSR count). The van der Waals surface area contributed by atoms with Crippen LogP contribution in [0.5, 0.6) is 0 Å². The second-order valence-electron chi connectivity index (χ2n) is 3.36. The van der Waals surface area contributed by atoms with Crippen molar-refractivity contribution in [1.29, 1.82) is 0 Å². The van der Waals surface area contributed by atoms with E-state index in [0.29, 0.717) is 6.42 Å². The molecule has 0 fully saturated rings. The molecule has 0 aliphatic carbocycles. The maximum absolute atomic E-state index is 11.3. The Hall–Kier alpha value is -0.530. The molecule has 0 aromatic carbocycles. The van der Waals surface area contributed by atoms with Gasteiger partial charge in [0, 0.05) is 11.4 Å². The van der Waals surface area contributed by atoms with Crippen LogP contribution in [0.1, 0.15) is 27.2 Å². The second kappa shape index (κ2) is 6.93. The first-order chi connectivity index (χ1) is 7.26. The second-order valence-corrected chi connectivity index (χ2v) is 5.55. The van der Waals surface area contributed by atoms with Gasteiger partial charge in [0.2, 0.25) is 0 Å². The molecule has 6 nitrogen and oxygen atoms in total. The maximum atomic E-state index is 11.3. The van der Waals surface area contributed by atoms with Gasteiger partial charge < -0.3 is 4.74 Å². The van der Waals surface area contributed by atoms with Gasteiger partial charge in [-0.25, -0.2) is 9.52 Å². The van der Waals surface area contributed by atoms with Crippen molar-refractivity contribution in [3.8, 4) is 0 Å². The monoisotopic (exact) mass is 272 g/mol. The average Bonchev–Trinajstić information content (AvgIpc) is 1.98. The van der Waals surface area contributed by atoms with Crippen molar-refractivity contribution in [3.05, 3.63) is 0 Å². The van der Waals surface area contributed by atoms with Gasteiger partial charge in [0.25, 0.3) is 0 Å². The van der Waals surface area contributed by atoms with Crippen LogP contribution in [0.15, 0.2) is 0 Å². The molecular weight excluding hydrogens is 256 g/mol. The molecule has 16 heavy (non-hydrogen) atoms. The minimum absolute atomic E-state index is 0.107. The number of carbonyl (C=O) groups excluding carboxylic acids is 1. The van der Waals surface area contributed by atoms with Crippen LogP contribution in [0, 0.1) is 0 Å². The van der Waals surface area contributed by atoms with Crippen molar-refractivity contribution in [2.75, 3.05) is 6.61 Å². The molecule has 8 heteroatoms. The third-order valence-electron chi connectivity index (χ3n) is 1.53. The molecule has 0 radical (unpaired) electrons. The summed E-state index contributed by atoms with van der Waals surface area (Å²) in [7, 11) is -3.88. The fourth-order valence-corrected chi connectivity index (χ4v) is 2.33. The highest BCUT2D eigenvalue weighted by molar-refractivity contribution is 7.88. The molecular formula is C8H17ClN2O4S. The van der Waals surface area contributed by atoms with Gasteiger partial charge in [0.15, 0.2) is 0 Å². The SMILES string of the molecule is CCOC(=O)NS(=O)(=O)NC(C)CC(C)Cl. The van der Waals surface area contributed by atoms with E-state index in [0.717, 1.165) is 0 Å². The number of halogens is 1. The molecule has 1 amide bonds. The molecule has 0 aromatic rings. The lowest BCUT2D eigenvalue weighted by atomic mass is 10.2. The molecule has 96 valence electrons. The van der Waals surface area contributed by atoms with E-state index >= 15 is 0 Å². The summed E-state index contributed by atoms with van der Waals surface area (Å²) in [6.45, 7) is 5.10. The van der Waals surface area contributed by atoms with E-state index in [2.05, 4.69) is 9.46 Å². The van der Waals surface area contributed by atoms with Crippen LogP contribution in [0.3, 0.4) is 0 Å². The van der Waals surface area contributed by atoms with Crippen LogP contribution in [-0.4, -0.2) is 32.5 Å². The Morgan fingerprint density at radius 3 is 2.44 bits per heavy atom. The van der Waals surface area contributed by atoms with Gasteiger partial charge in [-0.1, -0.05) is 0 Å². The van der Waals surface area contributed by atoms with Crippen LogP contribution in [0.2, 0.25) is 0 Å². The zero-order valence-electron chi connectivity index (χ0n) is 9.49. The molecule has 0 saturated carbocycles. The van der Waals surface area contributed by atoms with E-state index in [4.69, 9.17) is 11.6 Å². The average molecular weight is 273 g/mol. The van der Waals surface area contributed by atoms with Gasteiger partial charge in [-0.15, -0.1) is 11.6 Å². The zero-order chi connectivity index (χ0) is 12.8. The van der Waals surface area contributed by atoms with E-state index in [9.17, 15) is 13.2 Å². The Kier molecular flexibility index (Phi) is 6.70. The van der Waals surface area contributed by atoms with Crippen molar-refractivity contribution >= 4 is 27.9 Å². The molecule has 0 heterocycles. The Balaban J connectivity index is 4.19. The highest BCUT2D eigenvalue weighted by atomic mass is 35.5. The minimum Gasteiger partial charge on any atom is -0.449 e. The lowest BCUT2D eigenvalue weighted by molar-refractivity contribution is 0.158. The van der Waals surface area contributed by atoms with Crippen molar-refractivity contribution < 1.29 is 17.9 Å². The van der Waals surface area contributed by atoms with Crippen molar-refractivity contribution in [1.82, 2.24) is 9.44 Å². The summed E-state index contributed by atoms with van der Waals surface area (Å²) in [5.41, 5.74) is 0. The topological polar surface area (TPSA) is 84.5 Å². The Morgan fingerprint density at radius 1 is 1.44 bits per heavy atom. The molecule has 0 saturated heterocycles. The van der Waals surface area contributed by atoms with Gasteiger partial charge >= 0.3 is 16.3 Å². The normalized spacial score (nSPS) is 15.2. The Bertz CT molecular complexity index is 318. The molecule has 0 spiro atoms. The van der Waals surface area contributed by atoms with Crippen LogP contribution in [-0.2, 0) is 14.9 Å². The van der Waals surface area contributed by atoms with Crippen LogP contribution >= 0.6 is 11.6 Å². The smallest absolute Gasteiger partial charge is 0.421 e.